The van der Waals surface area contributed by atoms with Crippen molar-refractivity contribution in [1.29, 1.82) is 0 Å². The number of carboxylic acid groups (broad SMARTS) is 1. The predicted octanol–water partition coefficient (Wildman–Crippen LogP) is 2.28. The van der Waals surface area contributed by atoms with Crippen molar-refractivity contribution in [2.45, 2.75) is 12.5 Å². The summed E-state index contributed by atoms with van der Waals surface area (Å²) in [5.41, 5.74) is 1.63. The first-order valence-electron chi connectivity index (χ1n) is 7.93. The van der Waals surface area contributed by atoms with Crippen molar-refractivity contribution in [2.24, 2.45) is 0 Å². The summed E-state index contributed by atoms with van der Waals surface area (Å²) < 4.78 is 10.6. The number of aliphatic carboxylic acids is 1. The van der Waals surface area contributed by atoms with Crippen LogP contribution < -0.4 is 9.47 Å². The lowest BCUT2D eigenvalue weighted by Crippen LogP contribution is -2.42. The molecule has 0 radical (unpaired) electrons. The molecule has 6 heteroatoms. The molecule has 3 rings (SSSR count). The second-order valence-corrected chi connectivity index (χ2v) is 5.83. The molecular weight excluding hydrogens is 322 g/mol. The number of amides is 1. The van der Waals surface area contributed by atoms with Crippen molar-refractivity contribution >= 4 is 11.9 Å². The fourth-order valence-electron chi connectivity index (χ4n) is 2.92. The van der Waals surface area contributed by atoms with Gasteiger partial charge in [-0.15, -0.1) is 0 Å². The van der Waals surface area contributed by atoms with E-state index in [1.165, 1.54) is 4.90 Å². The lowest BCUT2D eigenvalue weighted by molar-refractivity contribution is -0.142. The van der Waals surface area contributed by atoms with E-state index in [1.807, 2.05) is 24.3 Å². The van der Waals surface area contributed by atoms with Gasteiger partial charge in [0.25, 0.3) is 5.91 Å². The van der Waals surface area contributed by atoms with Gasteiger partial charge in [0.1, 0.15) is 11.5 Å². The maximum atomic E-state index is 12.5. The lowest BCUT2D eigenvalue weighted by atomic mass is 9.90. The van der Waals surface area contributed by atoms with Crippen molar-refractivity contribution < 1.29 is 24.2 Å². The van der Waals surface area contributed by atoms with Crippen LogP contribution in [0.2, 0.25) is 0 Å². The lowest BCUT2D eigenvalue weighted by Gasteiger charge is -2.32. The van der Waals surface area contributed by atoms with Gasteiger partial charge in [-0.3, -0.25) is 9.59 Å². The molecule has 1 heterocycles. The molecule has 2 aromatic rings. The minimum absolute atomic E-state index is 0.138. The zero-order chi connectivity index (χ0) is 17.8. The van der Waals surface area contributed by atoms with Gasteiger partial charge in [0.15, 0.2) is 6.61 Å². The van der Waals surface area contributed by atoms with E-state index in [0.717, 1.165) is 11.1 Å². The van der Waals surface area contributed by atoms with Crippen LogP contribution in [0.25, 0.3) is 0 Å². The zero-order valence-corrected chi connectivity index (χ0v) is 13.8. The first kappa shape index (κ1) is 16.8. The summed E-state index contributed by atoms with van der Waals surface area (Å²) in [6, 6.07) is 14.3. The molecule has 0 bridgehead atoms. The summed E-state index contributed by atoms with van der Waals surface area (Å²) in [6.07, 6.45) is 0. The van der Waals surface area contributed by atoms with Gasteiger partial charge in [-0.1, -0.05) is 24.3 Å². The summed E-state index contributed by atoms with van der Waals surface area (Å²) in [5, 5.41) is 9.46. The third-order valence-corrected chi connectivity index (χ3v) is 4.27. The third kappa shape index (κ3) is 3.74. The fraction of sp³-hybridized carbons (Fsp3) is 0.263. The van der Waals surface area contributed by atoms with Crippen LogP contribution in [0.15, 0.2) is 48.5 Å². The van der Waals surface area contributed by atoms with E-state index >= 15 is 0 Å². The van der Waals surface area contributed by atoms with E-state index in [1.54, 1.807) is 31.4 Å². The molecule has 1 amide bonds. The molecule has 6 nitrogen and oxygen atoms in total. The Morgan fingerprint density at radius 2 is 1.80 bits per heavy atom. The maximum Gasteiger partial charge on any atom is 0.312 e. The molecule has 1 unspecified atom stereocenters. The van der Waals surface area contributed by atoms with E-state index in [4.69, 9.17) is 9.47 Å². The van der Waals surface area contributed by atoms with E-state index in [9.17, 15) is 14.7 Å². The number of carbonyl (C=O) groups is 2. The first-order valence-corrected chi connectivity index (χ1v) is 7.93. The van der Waals surface area contributed by atoms with Gasteiger partial charge >= 0.3 is 5.97 Å². The Morgan fingerprint density at radius 3 is 2.48 bits per heavy atom. The molecule has 0 fully saturated rings. The van der Waals surface area contributed by atoms with E-state index in [0.29, 0.717) is 18.0 Å². The molecular formula is C19H19NO5. The minimum atomic E-state index is -0.930. The number of rotatable bonds is 5. The maximum absolute atomic E-state index is 12.5. The van der Waals surface area contributed by atoms with E-state index < -0.39 is 11.9 Å². The molecule has 1 aliphatic rings. The number of ether oxygens (including phenoxy) is 2. The number of benzene rings is 2. The number of hydrogen-bond acceptors (Lipinski definition) is 4. The average molecular weight is 341 g/mol. The van der Waals surface area contributed by atoms with Crippen molar-refractivity contribution in [3.8, 4) is 11.5 Å². The Morgan fingerprint density at radius 1 is 1.12 bits per heavy atom. The summed E-state index contributed by atoms with van der Waals surface area (Å²) in [6.45, 7) is 0.406. The molecule has 0 aliphatic carbocycles. The Labute approximate surface area is 145 Å². The van der Waals surface area contributed by atoms with Gasteiger partial charge in [-0.25, -0.2) is 0 Å². The Bertz CT molecular complexity index is 772. The highest BCUT2D eigenvalue weighted by Crippen LogP contribution is 2.28. The van der Waals surface area contributed by atoms with Crippen molar-refractivity contribution in [2.75, 3.05) is 20.3 Å². The molecule has 1 N–H and O–H groups in total. The summed E-state index contributed by atoms with van der Waals surface area (Å²) >= 11 is 0. The number of hydrogen-bond donors (Lipinski definition) is 1. The Hall–Kier alpha value is -3.02. The van der Waals surface area contributed by atoms with Gasteiger partial charge in [-0.2, -0.15) is 0 Å². The molecule has 0 aromatic heterocycles. The standard InChI is InChI=1S/C19H19NO5/c1-24-14-6-8-15(9-7-14)25-12-18(21)20-10-13-4-2-3-5-16(13)17(11-20)19(22)23/h2-9,17H,10-12H2,1H3,(H,22,23). The second-order valence-electron chi connectivity index (χ2n) is 5.83. The van der Waals surface area contributed by atoms with Crippen LogP contribution in [0.3, 0.4) is 0 Å². The molecule has 0 saturated heterocycles. The van der Waals surface area contributed by atoms with Crippen LogP contribution in [0, 0.1) is 0 Å². The number of fused-ring (bicyclic) bond motifs is 1. The third-order valence-electron chi connectivity index (χ3n) is 4.27. The highest BCUT2D eigenvalue weighted by Gasteiger charge is 2.32. The van der Waals surface area contributed by atoms with Crippen LogP contribution in [0.1, 0.15) is 17.0 Å². The van der Waals surface area contributed by atoms with Gasteiger partial charge in [0.2, 0.25) is 0 Å². The topological polar surface area (TPSA) is 76.1 Å². The van der Waals surface area contributed by atoms with Crippen LogP contribution in [-0.2, 0) is 16.1 Å². The smallest absolute Gasteiger partial charge is 0.312 e. The number of carboxylic acids is 1. The number of nitrogens with zero attached hydrogens (tertiary/aromatic N) is 1. The highest BCUT2D eigenvalue weighted by atomic mass is 16.5. The van der Waals surface area contributed by atoms with Crippen molar-refractivity contribution in [3.05, 3.63) is 59.7 Å². The van der Waals surface area contributed by atoms with Crippen LogP contribution in [0.5, 0.6) is 11.5 Å². The molecule has 0 saturated carbocycles. The molecule has 0 spiro atoms. The number of carbonyl (C=O) groups excluding carboxylic acids is 1. The summed E-state index contributed by atoms with van der Waals surface area (Å²) in [4.78, 5) is 25.5. The normalized spacial score (nSPS) is 16.0. The van der Waals surface area contributed by atoms with Gasteiger partial charge in [0.05, 0.1) is 13.0 Å². The molecule has 130 valence electrons. The quantitative estimate of drug-likeness (QED) is 0.903. The highest BCUT2D eigenvalue weighted by molar-refractivity contribution is 5.82. The second kappa shape index (κ2) is 7.25. The SMILES string of the molecule is COc1ccc(OCC(=O)N2Cc3ccccc3C(C(=O)O)C2)cc1. The van der Waals surface area contributed by atoms with Crippen molar-refractivity contribution in [3.63, 3.8) is 0 Å². The van der Waals surface area contributed by atoms with Gasteiger partial charge in [0, 0.05) is 13.1 Å². The average Bonchev–Trinajstić information content (AvgIpc) is 2.65. The van der Waals surface area contributed by atoms with Crippen molar-refractivity contribution in [1.82, 2.24) is 4.90 Å². The van der Waals surface area contributed by atoms with Crippen LogP contribution in [0.4, 0.5) is 0 Å². The molecule has 1 aliphatic heterocycles. The predicted molar refractivity (Wildman–Crippen MR) is 90.7 cm³/mol. The zero-order valence-electron chi connectivity index (χ0n) is 13.8. The van der Waals surface area contributed by atoms with Crippen LogP contribution in [-0.4, -0.2) is 42.1 Å². The molecule has 25 heavy (non-hydrogen) atoms. The van der Waals surface area contributed by atoms with E-state index in [-0.39, 0.29) is 19.1 Å². The minimum Gasteiger partial charge on any atom is -0.497 e. The number of methoxy groups -OCH3 is 1. The van der Waals surface area contributed by atoms with Gasteiger partial charge < -0.3 is 19.5 Å². The van der Waals surface area contributed by atoms with Gasteiger partial charge in [-0.05, 0) is 35.4 Å². The molecule has 1 atom stereocenters. The summed E-state index contributed by atoms with van der Waals surface area (Å²) in [7, 11) is 1.58. The largest absolute Gasteiger partial charge is 0.497 e. The first-order chi connectivity index (χ1) is 12.1. The summed E-state index contributed by atoms with van der Waals surface area (Å²) in [5.74, 6) is -0.621. The van der Waals surface area contributed by atoms with Crippen LogP contribution >= 0.6 is 0 Å². The Kier molecular flexibility index (Phi) is 4.88. The fourth-order valence-corrected chi connectivity index (χ4v) is 2.92. The van der Waals surface area contributed by atoms with E-state index in [2.05, 4.69) is 0 Å². The monoisotopic (exact) mass is 341 g/mol. The Balaban J connectivity index is 1.67. The molecule has 2 aromatic carbocycles.